The molecule has 220 valence electrons. The Balaban J connectivity index is 1.71. The van der Waals surface area contributed by atoms with Gasteiger partial charge in [-0.25, -0.2) is 0 Å². The molecular formula is C28H30O13. The van der Waals surface area contributed by atoms with Crippen LogP contribution in [0.15, 0.2) is 18.2 Å². The van der Waals surface area contributed by atoms with E-state index in [1.54, 1.807) is 0 Å². The monoisotopic (exact) mass is 574 g/mol. The molecule has 1 fully saturated rings. The molecule has 8 atom stereocenters. The van der Waals surface area contributed by atoms with E-state index in [1.807, 2.05) is 0 Å². The topological polar surface area (TPSA) is 199 Å². The molecule has 0 aromatic heterocycles. The zero-order valence-electron chi connectivity index (χ0n) is 22.8. The van der Waals surface area contributed by atoms with Gasteiger partial charge in [0.15, 0.2) is 23.5 Å². The zero-order chi connectivity index (χ0) is 30.1. The Morgan fingerprint density at radius 1 is 0.878 bits per heavy atom. The summed E-state index contributed by atoms with van der Waals surface area (Å²) in [6.07, 6.45) is -9.35. The van der Waals surface area contributed by atoms with Crippen molar-refractivity contribution in [2.24, 2.45) is 0 Å². The van der Waals surface area contributed by atoms with E-state index in [2.05, 4.69) is 0 Å². The molecule has 1 saturated heterocycles. The van der Waals surface area contributed by atoms with Crippen molar-refractivity contribution in [3.63, 3.8) is 0 Å². The molecule has 5 N–H and O–H groups in total. The molecule has 2 aromatic carbocycles. The average Bonchev–Trinajstić information content (AvgIpc) is 2.92. The molecule has 5 rings (SSSR count). The highest BCUT2D eigenvalue weighted by atomic mass is 16.7. The number of fused-ring (bicyclic) bond motifs is 3. The van der Waals surface area contributed by atoms with E-state index in [4.69, 9.17) is 23.7 Å². The lowest BCUT2D eigenvalue weighted by Crippen LogP contribution is -2.60. The molecule has 2 aliphatic carbocycles. The number of ether oxygens (including phenoxy) is 5. The lowest BCUT2D eigenvalue weighted by molar-refractivity contribution is -0.321. The third-order valence-electron chi connectivity index (χ3n) is 8.02. The molecule has 0 spiro atoms. The third kappa shape index (κ3) is 4.15. The standard InChI is InChI=1S/C28H30O13/c1-9-18(30)22(34)24(38-4)27(40-9)41-23-17-13(25(35)28(2,36)26(23)39-5)8-12-16(21(17)33)20(32)15-11(19(12)31)6-10(37-3)7-14(15)29/h6-9,18,22-24,26-27,29-30,33-34,36H,1-5H3/t9-,18+,22-,23+,24-,26+,27-,28+/m0/s1. The van der Waals surface area contributed by atoms with E-state index < -0.39 is 82.9 Å². The minimum absolute atomic E-state index is 0.102. The summed E-state index contributed by atoms with van der Waals surface area (Å²) in [5, 5.41) is 54.2. The summed E-state index contributed by atoms with van der Waals surface area (Å²) in [6.45, 7) is 2.65. The van der Waals surface area contributed by atoms with Gasteiger partial charge in [0.05, 0.1) is 24.3 Å². The lowest BCUT2D eigenvalue weighted by atomic mass is 9.72. The fourth-order valence-corrected chi connectivity index (χ4v) is 5.82. The summed E-state index contributed by atoms with van der Waals surface area (Å²) in [4.78, 5) is 40.7. The van der Waals surface area contributed by atoms with Crippen LogP contribution in [0.5, 0.6) is 17.2 Å². The van der Waals surface area contributed by atoms with E-state index in [-0.39, 0.29) is 33.6 Å². The van der Waals surface area contributed by atoms with Crippen LogP contribution in [0.1, 0.15) is 67.7 Å². The molecule has 0 unspecified atom stereocenters. The van der Waals surface area contributed by atoms with Crippen molar-refractivity contribution in [1.82, 2.24) is 0 Å². The summed E-state index contributed by atoms with van der Waals surface area (Å²) >= 11 is 0. The van der Waals surface area contributed by atoms with E-state index in [0.717, 1.165) is 12.1 Å². The zero-order valence-corrected chi connectivity index (χ0v) is 22.8. The number of aromatic hydroxyl groups is 2. The van der Waals surface area contributed by atoms with Crippen LogP contribution in [0.4, 0.5) is 0 Å². The van der Waals surface area contributed by atoms with Gasteiger partial charge >= 0.3 is 0 Å². The molecule has 0 radical (unpaired) electrons. The van der Waals surface area contributed by atoms with Gasteiger partial charge in [-0.05, 0) is 26.0 Å². The quantitative estimate of drug-likeness (QED) is 0.281. The molecule has 1 heterocycles. The van der Waals surface area contributed by atoms with Crippen LogP contribution in [0, 0.1) is 0 Å². The van der Waals surface area contributed by atoms with Crippen LogP contribution in [0.25, 0.3) is 0 Å². The summed E-state index contributed by atoms with van der Waals surface area (Å²) in [5.74, 6) is -3.85. The number of phenols is 2. The van der Waals surface area contributed by atoms with Crippen LogP contribution in [-0.4, -0.2) is 107 Å². The maximum absolute atomic E-state index is 13.6. The van der Waals surface area contributed by atoms with Crippen molar-refractivity contribution in [3.05, 3.63) is 51.6 Å². The second-order valence-corrected chi connectivity index (χ2v) is 10.4. The van der Waals surface area contributed by atoms with Crippen molar-refractivity contribution < 1.29 is 63.6 Å². The van der Waals surface area contributed by atoms with Gasteiger partial charge in [0, 0.05) is 42.5 Å². The number of phenolic OH excluding ortho intramolecular Hbond substituents is 2. The molecule has 2 aromatic rings. The molecule has 1 aliphatic heterocycles. The Morgan fingerprint density at radius 3 is 2.15 bits per heavy atom. The van der Waals surface area contributed by atoms with Gasteiger partial charge in [-0.3, -0.25) is 14.4 Å². The van der Waals surface area contributed by atoms with Gasteiger partial charge in [0.25, 0.3) is 0 Å². The third-order valence-corrected chi connectivity index (χ3v) is 8.02. The van der Waals surface area contributed by atoms with Gasteiger partial charge in [0.2, 0.25) is 5.78 Å². The summed E-state index contributed by atoms with van der Waals surface area (Å²) in [6, 6.07) is 3.48. The number of benzene rings is 2. The van der Waals surface area contributed by atoms with Crippen molar-refractivity contribution in [1.29, 1.82) is 0 Å². The Bertz CT molecular complexity index is 1450. The van der Waals surface area contributed by atoms with Gasteiger partial charge in [-0.2, -0.15) is 0 Å². The van der Waals surface area contributed by atoms with Crippen LogP contribution in [0.2, 0.25) is 0 Å². The number of hydrogen-bond donors (Lipinski definition) is 5. The van der Waals surface area contributed by atoms with Gasteiger partial charge in [-0.1, -0.05) is 0 Å². The predicted octanol–water partition coefficient (Wildman–Crippen LogP) is 0.383. The second kappa shape index (κ2) is 10.1. The molecule has 13 nitrogen and oxygen atoms in total. The highest BCUT2D eigenvalue weighted by molar-refractivity contribution is 6.31. The molecule has 41 heavy (non-hydrogen) atoms. The van der Waals surface area contributed by atoms with Crippen LogP contribution < -0.4 is 4.74 Å². The highest BCUT2D eigenvalue weighted by Crippen LogP contribution is 2.49. The van der Waals surface area contributed by atoms with Gasteiger partial charge in [-0.15, -0.1) is 0 Å². The summed E-state index contributed by atoms with van der Waals surface area (Å²) < 4.78 is 27.7. The minimum Gasteiger partial charge on any atom is -0.507 e. The predicted molar refractivity (Wildman–Crippen MR) is 136 cm³/mol. The number of rotatable bonds is 5. The second-order valence-electron chi connectivity index (χ2n) is 10.4. The number of ketones is 3. The molecule has 13 heteroatoms. The van der Waals surface area contributed by atoms with E-state index in [0.29, 0.717) is 0 Å². The molecule has 0 bridgehead atoms. The van der Waals surface area contributed by atoms with Crippen molar-refractivity contribution in [3.8, 4) is 17.2 Å². The molecule has 0 amide bonds. The number of carbonyl (C=O) groups excluding carboxylic acids is 3. The molecule has 0 saturated carbocycles. The number of hydrogen-bond acceptors (Lipinski definition) is 13. The minimum atomic E-state index is -2.25. The Labute approximate surface area is 233 Å². The normalized spacial score (nSPS) is 32.8. The van der Waals surface area contributed by atoms with Crippen LogP contribution in [-0.2, 0) is 18.9 Å². The van der Waals surface area contributed by atoms with E-state index in [1.165, 1.54) is 41.2 Å². The van der Waals surface area contributed by atoms with Crippen molar-refractivity contribution in [2.75, 3.05) is 21.3 Å². The van der Waals surface area contributed by atoms with Gasteiger partial charge in [0.1, 0.15) is 47.8 Å². The maximum Gasteiger partial charge on any atom is 0.201 e. The fourth-order valence-electron chi connectivity index (χ4n) is 5.82. The summed E-state index contributed by atoms with van der Waals surface area (Å²) in [5.41, 5.74) is -4.24. The Morgan fingerprint density at radius 2 is 1.54 bits per heavy atom. The largest absolute Gasteiger partial charge is 0.507 e. The first kappa shape index (κ1) is 29.1. The molecule has 3 aliphatic rings. The summed E-state index contributed by atoms with van der Waals surface area (Å²) in [7, 11) is 3.75. The molecular weight excluding hydrogens is 544 g/mol. The van der Waals surface area contributed by atoms with E-state index in [9.17, 15) is 39.9 Å². The number of aliphatic hydroxyl groups excluding tert-OH is 2. The van der Waals surface area contributed by atoms with E-state index >= 15 is 0 Å². The first-order valence-electron chi connectivity index (χ1n) is 12.7. The van der Waals surface area contributed by atoms with Crippen LogP contribution >= 0.6 is 0 Å². The number of Topliss-reactive ketones (excluding diaryl/α,β-unsaturated/α-hetero) is 1. The van der Waals surface area contributed by atoms with Crippen LogP contribution in [0.3, 0.4) is 0 Å². The Kier molecular flexibility index (Phi) is 7.19. The number of carbonyl (C=O) groups is 3. The first-order chi connectivity index (χ1) is 19.3. The van der Waals surface area contributed by atoms with Crippen molar-refractivity contribution in [2.45, 2.75) is 62.4 Å². The fraction of sp³-hybridized carbons (Fsp3) is 0.464. The van der Waals surface area contributed by atoms with Gasteiger partial charge < -0.3 is 49.2 Å². The first-order valence-corrected chi connectivity index (χ1v) is 12.7. The number of methoxy groups -OCH3 is 3. The highest BCUT2D eigenvalue weighted by Gasteiger charge is 2.56. The SMILES string of the molecule is COc1cc(O)c2c(c1)C(=O)c1cc3c(c(O)c1C2=O)[C@@H](O[C@@H]1O[C@@H](C)[C@@H](O)[C@H](O)[C@@H]1OC)[C@@H](OC)[C@](C)(O)C3=O. The average molecular weight is 575 g/mol. The Hall–Kier alpha value is -3.43. The maximum atomic E-state index is 13.6. The number of aliphatic hydroxyl groups is 3. The smallest absolute Gasteiger partial charge is 0.201 e. The van der Waals surface area contributed by atoms with Crippen molar-refractivity contribution >= 4 is 17.3 Å². The lowest BCUT2D eigenvalue weighted by Gasteiger charge is -2.46.